The molecular formula is C27H47N3O3. The predicted molar refractivity (Wildman–Crippen MR) is 139 cm³/mol. The molecule has 1 aromatic heterocycles. The zero-order valence-electron chi connectivity index (χ0n) is 21.1. The van der Waals surface area contributed by atoms with Gasteiger partial charge in [-0.3, -0.25) is 0 Å². The van der Waals surface area contributed by atoms with Gasteiger partial charge in [-0.15, -0.1) is 13.2 Å². The Morgan fingerprint density at radius 2 is 0.818 bits per heavy atom. The highest BCUT2D eigenvalue weighted by molar-refractivity contribution is 4.84. The Hall–Kier alpha value is -2.11. The van der Waals surface area contributed by atoms with E-state index in [1.54, 1.807) is 0 Å². The Balaban J connectivity index is 2.23. The standard InChI is InChI=1S/C27H47N3O3/c1-4-7-8-9-10-11-12-13-14-15-16-17-18-19-20-21-24-30-26(32)28(22-5-2)25(31)29(23-6-3)27(30)33/h5-6H,2-4,7-24H2,1H3. The first-order valence-corrected chi connectivity index (χ1v) is 13.2. The van der Waals surface area contributed by atoms with Crippen molar-refractivity contribution in [2.45, 2.75) is 129 Å². The summed E-state index contributed by atoms with van der Waals surface area (Å²) >= 11 is 0. The van der Waals surface area contributed by atoms with Crippen molar-refractivity contribution in [3.8, 4) is 0 Å². The third-order valence-corrected chi connectivity index (χ3v) is 6.24. The fourth-order valence-corrected chi connectivity index (χ4v) is 4.26. The number of allylic oxidation sites excluding steroid dienone is 2. The van der Waals surface area contributed by atoms with E-state index in [0.717, 1.165) is 28.4 Å². The molecule has 1 aromatic rings. The lowest BCUT2D eigenvalue weighted by atomic mass is 10.0. The van der Waals surface area contributed by atoms with Crippen LogP contribution in [0.15, 0.2) is 39.7 Å². The first-order chi connectivity index (χ1) is 16.1. The lowest BCUT2D eigenvalue weighted by Gasteiger charge is -2.12. The lowest BCUT2D eigenvalue weighted by molar-refractivity contribution is 0.455. The van der Waals surface area contributed by atoms with Gasteiger partial charge in [-0.25, -0.2) is 28.1 Å². The largest absolute Gasteiger partial charge is 0.336 e. The minimum Gasteiger partial charge on any atom is -0.247 e. The van der Waals surface area contributed by atoms with Crippen LogP contribution in [0.5, 0.6) is 0 Å². The Morgan fingerprint density at radius 3 is 1.15 bits per heavy atom. The zero-order chi connectivity index (χ0) is 24.3. The highest BCUT2D eigenvalue weighted by Gasteiger charge is 2.13. The normalized spacial score (nSPS) is 11.1. The zero-order valence-corrected chi connectivity index (χ0v) is 21.1. The van der Waals surface area contributed by atoms with E-state index in [1.807, 2.05) is 0 Å². The summed E-state index contributed by atoms with van der Waals surface area (Å²) in [5.74, 6) is 0. The first kappa shape index (κ1) is 28.9. The average molecular weight is 462 g/mol. The lowest BCUT2D eigenvalue weighted by Crippen LogP contribution is -2.54. The molecule has 0 N–H and O–H groups in total. The summed E-state index contributed by atoms with van der Waals surface area (Å²) < 4.78 is 3.30. The fraction of sp³-hybridized carbons (Fsp3) is 0.741. The summed E-state index contributed by atoms with van der Waals surface area (Å²) in [5.41, 5.74) is -1.70. The Kier molecular flexibility index (Phi) is 16.1. The molecule has 0 saturated heterocycles. The van der Waals surface area contributed by atoms with Gasteiger partial charge in [0.2, 0.25) is 0 Å². The smallest absolute Gasteiger partial charge is 0.247 e. The van der Waals surface area contributed by atoms with Gasteiger partial charge in [0, 0.05) is 6.54 Å². The maximum absolute atomic E-state index is 12.6. The first-order valence-electron chi connectivity index (χ1n) is 13.2. The molecule has 0 atom stereocenters. The fourth-order valence-electron chi connectivity index (χ4n) is 4.26. The molecule has 0 spiro atoms. The Labute approximate surface area is 200 Å². The monoisotopic (exact) mass is 461 g/mol. The van der Waals surface area contributed by atoms with Crippen molar-refractivity contribution < 1.29 is 0 Å². The van der Waals surface area contributed by atoms with Crippen LogP contribution in [-0.2, 0) is 19.6 Å². The van der Waals surface area contributed by atoms with Gasteiger partial charge < -0.3 is 0 Å². The summed E-state index contributed by atoms with van der Waals surface area (Å²) in [7, 11) is 0. The SMILES string of the molecule is C=CCn1c(=O)n(CC=C)c(=O)n(CCCCCCCCCCCCCCCCCC)c1=O. The molecular weight excluding hydrogens is 414 g/mol. The van der Waals surface area contributed by atoms with Gasteiger partial charge in [0.15, 0.2) is 0 Å². The van der Waals surface area contributed by atoms with Crippen LogP contribution >= 0.6 is 0 Å². The van der Waals surface area contributed by atoms with E-state index in [-0.39, 0.29) is 13.1 Å². The molecule has 0 saturated carbocycles. The quantitative estimate of drug-likeness (QED) is 0.171. The summed E-state index contributed by atoms with van der Waals surface area (Å²) in [4.78, 5) is 37.6. The van der Waals surface area contributed by atoms with Crippen molar-refractivity contribution in [2.75, 3.05) is 0 Å². The van der Waals surface area contributed by atoms with Gasteiger partial charge in [0.25, 0.3) is 0 Å². The van der Waals surface area contributed by atoms with Crippen LogP contribution in [0.2, 0.25) is 0 Å². The number of rotatable bonds is 21. The molecule has 188 valence electrons. The highest BCUT2D eigenvalue weighted by atomic mass is 16.2. The van der Waals surface area contributed by atoms with Crippen LogP contribution in [0.1, 0.15) is 110 Å². The second-order valence-corrected chi connectivity index (χ2v) is 9.10. The number of hydrogen-bond donors (Lipinski definition) is 0. The number of nitrogens with zero attached hydrogens (tertiary/aromatic N) is 3. The van der Waals surface area contributed by atoms with Crippen LogP contribution in [0, 0.1) is 0 Å². The topological polar surface area (TPSA) is 66.0 Å². The average Bonchev–Trinajstić information content (AvgIpc) is 2.81. The van der Waals surface area contributed by atoms with E-state index in [9.17, 15) is 14.4 Å². The van der Waals surface area contributed by atoms with Crippen molar-refractivity contribution in [3.63, 3.8) is 0 Å². The maximum Gasteiger partial charge on any atom is 0.336 e. The van der Waals surface area contributed by atoms with Crippen molar-refractivity contribution in [1.29, 1.82) is 0 Å². The minimum atomic E-state index is -0.604. The third-order valence-electron chi connectivity index (χ3n) is 6.24. The van der Waals surface area contributed by atoms with Crippen LogP contribution in [-0.4, -0.2) is 13.7 Å². The Bertz CT molecular complexity index is 799. The van der Waals surface area contributed by atoms with E-state index in [4.69, 9.17) is 0 Å². The number of hydrogen-bond acceptors (Lipinski definition) is 3. The Morgan fingerprint density at radius 1 is 0.515 bits per heavy atom. The van der Waals surface area contributed by atoms with Gasteiger partial charge in [-0.05, 0) is 6.42 Å². The van der Waals surface area contributed by atoms with Crippen molar-refractivity contribution in [1.82, 2.24) is 13.7 Å². The molecule has 0 aliphatic rings. The van der Waals surface area contributed by atoms with Gasteiger partial charge >= 0.3 is 17.1 Å². The molecule has 0 amide bonds. The molecule has 0 aliphatic carbocycles. The molecule has 6 nitrogen and oxygen atoms in total. The van der Waals surface area contributed by atoms with Crippen LogP contribution in [0.25, 0.3) is 0 Å². The molecule has 6 heteroatoms. The summed E-state index contributed by atoms with van der Waals surface area (Å²) in [6, 6.07) is 0. The highest BCUT2D eigenvalue weighted by Crippen LogP contribution is 2.13. The van der Waals surface area contributed by atoms with Crippen molar-refractivity contribution in [3.05, 3.63) is 56.8 Å². The maximum atomic E-state index is 12.6. The van der Waals surface area contributed by atoms with Crippen LogP contribution in [0.3, 0.4) is 0 Å². The van der Waals surface area contributed by atoms with E-state index in [1.165, 1.54) is 100 Å². The van der Waals surface area contributed by atoms with Gasteiger partial charge in [-0.1, -0.05) is 115 Å². The number of aromatic nitrogens is 3. The van der Waals surface area contributed by atoms with Crippen LogP contribution < -0.4 is 17.1 Å². The molecule has 0 aliphatic heterocycles. The predicted octanol–water partition coefficient (Wildman–Crippen LogP) is 5.81. The van der Waals surface area contributed by atoms with Crippen molar-refractivity contribution >= 4 is 0 Å². The second kappa shape index (κ2) is 18.3. The second-order valence-electron chi connectivity index (χ2n) is 9.10. The van der Waals surface area contributed by atoms with E-state index >= 15 is 0 Å². The summed E-state index contributed by atoms with van der Waals surface area (Å²) in [5, 5.41) is 0. The number of unbranched alkanes of at least 4 members (excludes halogenated alkanes) is 15. The molecule has 0 bridgehead atoms. The molecule has 0 fully saturated rings. The van der Waals surface area contributed by atoms with Gasteiger partial charge in [-0.2, -0.15) is 0 Å². The summed E-state index contributed by atoms with van der Waals surface area (Å²) in [6.45, 7) is 9.98. The van der Waals surface area contributed by atoms with Gasteiger partial charge in [0.05, 0.1) is 13.1 Å². The minimum absolute atomic E-state index is 0.0913. The molecule has 0 aromatic carbocycles. The van der Waals surface area contributed by atoms with E-state index in [2.05, 4.69) is 20.1 Å². The van der Waals surface area contributed by atoms with Crippen molar-refractivity contribution in [2.24, 2.45) is 0 Å². The van der Waals surface area contributed by atoms with Crippen LogP contribution in [0.4, 0.5) is 0 Å². The molecule has 33 heavy (non-hydrogen) atoms. The van der Waals surface area contributed by atoms with E-state index in [0.29, 0.717) is 6.54 Å². The molecule has 0 radical (unpaired) electrons. The third kappa shape index (κ3) is 11.0. The molecule has 1 rings (SSSR count). The molecule has 0 unspecified atom stereocenters. The van der Waals surface area contributed by atoms with E-state index < -0.39 is 17.1 Å². The molecule has 1 heterocycles. The van der Waals surface area contributed by atoms with Gasteiger partial charge in [0.1, 0.15) is 0 Å². The summed E-state index contributed by atoms with van der Waals surface area (Å²) in [6.07, 6.45) is 23.4.